The third kappa shape index (κ3) is 3.67. The number of rotatable bonds is 5. The molecule has 0 radical (unpaired) electrons. The molecule has 112 valence electrons. The van der Waals surface area contributed by atoms with E-state index in [0.717, 1.165) is 50.1 Å². The molecule has 0 bridgehead atoms. The van der Waals surface area contributed by atoms with Crippen LogP contribution in [-0.2, 0) is 0 Å². The first-order valence-corrected chi connectivity index (χ1v) is 7.65. The summed E-state index contributed by atoms with van der Waals surface area (Å²) in [6.07, 6.45) is 2.39. The lowest BCUT2D eigenvalue weighted by atomic mass is 10.1. The van der Waals surface area contributed by atoms with Crippen molar-refractivity contribution in [1.82, 2.24) is 14.9 Å². The predicted octanol–water partition coefficient (Wildman–Crippen LogP) is 1.34. The number of nitrogens with two attached hydrogens (primary N) is 1. The number of aromatic nitrogens is 2. The number of hydrogen-bond acceptors (Lipinski definition) is 5. The Morgan fingerprint density at radius 3 is 2.25 bits per heavy atom. The summed E-state index contributed by atoms with van der Waals surface area (Å²) in [7, 11) is 0. The van der Waals surface area contributed by atoms with Crippen LogP contribution in [0.15, 0.2) is 6.07 Å². The van der Waals surface area contributed by atoms with Crippen LogP contribution in [-0.4, -0.2) is 53.6 Å². The molecule has 0 aliphatic carbocycles. The third-order valence-corrected chi connectivity index (χ3v) is 3.98. The second-order valence-electron chi connectivity index (χ2n) is 5.65. The van der Waals surface area contributed by atoms with Gasteiger partial charge in [-0.3, -0.25) is 4.90 Å². The van der Waals surface area contributed by atoms with Crippen LogP contribution < -0.4 is 10.6 Å². The Labute approximate surface area is 122 Å². The molecular formula is C15H27N5. The van der Waals surface area contributed by atoms with E-state index >= 15 is 0 Å². The van der Waals surface area contributed by atoms with Crippen LogP contribution in [0.3, 0.4) is 0 Å². The molecule has 1 aliphatic rings. The van der Waals surface area contributed by atoms with Gasteiger partial charge < -0.3 is 10.6 Å². The van der Waals surface area contributed by atoms with Gasteiger partial charge in [-0.1, -0.05) is 13.3 Å². The van der Waals surface area contributed by atoms with E-state index < -0.39 is 0 Å². The Bertz CT molecular complexity index is 406. The lowest BCUT2D eigenvalue weighted by Crippen LogP contribution is -2.52. The van der Waals surface area contributed by atoms with Gasteiger partial charge in [0.25, 0.3) is 0 Å². The Morgan fingerprint density at radius 1 is 1.15 bits per heavy atom. The fraction of sp³-hybridized carbons (Fsp3) is 0.733. The highest BCUT2D eigenvalue weighted by Gasteiger charge is 2.23. The minimum absolute atomic E-state index is 0.530. The molecular weight excluding hydrogens is 250 g/mol. The smallest absolute Gasteiger partial charge is 0.225 e. The highest BCUT2D eigenvalue weighted by Crippen LogP contribution is 2.15. The minimum Gasteiger partial charge on any atom is -0.338 e. The van der Waals surface area contributed by atoms with E-state index in [1.807, 2.05) is 19.9 Å². The predicted molar refractivity (Wildman–Crippen MR) is 83.0 cm³/mol. The van der Waals surface area contributed by atoms with Crippen molar-refractivity contribution in [2.75, 3.05) is 37.6 Å². The second-order valence-corrected chi connectivity index (χ2v) is 5.65. The van der Waals surface area contributed by atoms with Crippen molar-refractivity contribution in [2.45, 2.75) is 39.7 Å². The SMILES string of the molecule is CCCC(CN)N1CCN(c2nc(C)cc(C)n2)CC1. The number of nitrogens with zero attached hydrogens (tertiary/aromatic N) is 4. The minimum atomic E-state index is 0.530. The third-order valence-electron chi connectivity index (χ3n) is 3.98. The van der Waals surface area contributed by atoms with Gasteiger partial charge in [-0.2, -0.15) is 0 Å². The number of anilines is 1. The van der Waals surface area contributed by atoms with Crippen LogP contribution >= 0.6 is 0 Å². The van der Waals surface area contributed by atoms with E-state index in [1.165, 1.54) is 12.8 Å². The molecule has 5 nitrogen and oxygen atoms in total. The lowest BCUT2D eigenvalue weighted by molar-refractivity contribution is 0.179. The topological polar surface area (TPSA) is 58.3 Å². The zero-order chi connectivity index (χ0) is 14.5. The number of aryl methyl sites for hydroxylation is 2. The van der Waals surface area contributed by atoms with Gasteiger partial charge >= 0.3 is 0 Å². The van der Waals surface area contributed by atoms with Crippen molar-refractivity contribution in [1.29, 1.82) is 0 Å². The first-order valence-electron chi connectivity index (χ1n) is 7.65. The Balaban J connectivity index is 1.96. The fourth-order valence-electron chi connectivity index (χ4n) is 2.92. The molecule has 1 aromatic rings. The number of piperazine rings is 1. The maximum absolute atomic E-state index is 5.90. The molecule has 1 unspecified atom stereocenters. The van der Waals surface area contributed by atoms with Gasteiger partial charge in [0.05, 0.1) is 0 Å². The summed E-state index contributed by atoms with van der Waals surface area (Å²) < 4.78 is 0. The van der Waals surface area contributed by atoms with Crippen LogP contribution in [0.1, 0.15) is 31.2 Å². The Kier molecular flexibility index (Phi) is 5.31. The number of hydrogen-bond donors (Lipinski definition) is 1. The van der Waals surface area contributed by atoms with Crippen LogP contribution in [0.5, 0.6) is 0 Å². The van der Waals surface area contributed by atoms with Crippen molar-refractivity contribution in [2.24, 2.45) is 5.73 Å². The van der Waals surface area contributed by atoms with Crippen LogP contribution in [0.25, 0.3) is 0 Å². The maximum Gasteiger partial charge on any atom is 0.225 e. The van der Waals surface area contributed by atoms with E-state index in [9.17, 15) is 0 Å². The summed E-state index contributed by atoms with van der Waals surface area (Å²) in [4.78, 5) is 13.9. The van der Waals surface area contributed by atoms with E-state index in [4.69, 9.17) is 5.73 Å². The first-order chi connectivity index (χ1) is 9.63. The normalized spacial score (nSPS) is 18.3. The monoisotopic (exact) mass is 277 g/mol. The Morgan fingerprint density at radius 2 is 1.75 bits per heavy atom. The average molecular weight is 277 g/mol. The molecule has 1 aliphatic heterocycles. The molecule has 2 rings (SSSR count). The van der Waals surface area contributed by atoms with Gasteiger partial charge in [0.1, 0.15) is 0 Å². The van der Waals surface area contributed by atoms with Gasteiger partial charge in [0.2, 0.25) is 5.95 Å². The zero-order valence-corrected chi connectivity index (χ0v) is 13.0. The van der Waals surface area contributed by atoms with Crippen molar-refractivity contribution in [3.05, 3.63) is 17.5 Å². The zero-order valence-electron chi connectivity index (χ0n) is 13.0. The molecule has 0 saturated carbocycles. The summed E-state index contributed by atoms with van der Waals surface area (Å²) in [5.41, 5.74) is 7.98. The summed E-state index contributed by atoms with van der Waals surface area (Å²) in [5, 5.41) is 0. The first kappa shape index (κ1) is 15.2. The molecule has 1 fully saturated rings. The fourth-order valence-corrected chi connectivity index (χ4v) is 2.92. The highest BCUT2D eigenvalue weighted by atomic mass is 15.3. The molecule has 0 spiro atoms. The van der Waals surface area contributed by atoms with Crippen LogP contribution in [0, 0.1) is 13.8 Å². The van der Waals surface area contributed by atoms with E-state index in [1.54, 1.807) is 0 Å². The molecule has 5 heteroatoms. The molecule has 2 N–H and O–H groups in total. The van der Waals surface area contributed by atoms with Gasteiger partial charge in [-0.15, -0.1) is 0 Å². The lowest BCUT2D eigenvalue weighted by Gasteiger charge is -2.39. The van der Waals surface area contributed by atoms with Crippen molar-refractivity contribution < 1.29 is 0 Å². The second kappa shape index (κ2) is 6.99. The molecule has 2 heterocycles. The highest BCUT2D eigenvalue weighted by molar-refractivity contribution is 5.32. The van der Waals surface area contributed by atoms with Gasteiger partial charge in [0.15, 0.2) is 0 Å². The van der Waals surface area contributed by atoms with Crippen molar-refractivity contribution >= 4 is 5.95 Å². The molecule has 1 saturated heterocycles. The Hall–Kier alpha value is -1.20. The molecule has 1 aromatic heterocycles. The summed E-state index contributed by atoms with van der Waals surface area (Å²) in [6, 6.07) is 2.55. The summed E-state index contributed by atoms with van der Waals surface area (Å²) >= 11 is 0. The molecule has 1 atom stereocenters. The van der Waals surface area contributed by atoms with E-state index in [0.29, 0.717) is 6.04 Å². The quantitative estimate of drug-likeness (QED) is 0.880. The van der Waals surface area contributed by atoms with Gasteiger partial charge in [-0.05, 0) is 26.3 Å². The average Bonchev–Trinajstić information content (AvgIpc) is 2.44. The summed E-state index contributed by atoms with van der Waals surface area (Å²) in [5.74, 6) is 0.877. The van der Waals surface area contributed by atoms with Crippen LogP contribution in [0.2, 0.25) is 0 Å². The largest absolute Gasteiger partial charge is 0.338 e. The van der Waals surface area contributed by atoms with Crippen LogP contribution in [0.4, 0.5) is 5.95 Å². The van der Waals surface area contributed by atoms with Gasteiger partial charge in [0, 0.05) is 50.2 Å². The summed E-state index contributed by atoms with van der Waals surface area (Å²) in [6.45, 7) is 11.1. The molecule has 20 heavy (non-hydrogen) atoms. The molecule has 0 amide bonds. The van der Waals surface area contributed by atoms with E-state index in [-0.39, 0.29) is 0 Å². The maximum atomic E-state index is 5.90. The molecule has 0 aromatic carbocycles. The van der Waals surface area contributed by atoms with E-state index in [2.05, 4.69) is 26.7 Å². The van der Waals surface area contributed by atoms with Gasteiger partial charge in [-0.25, -0.2) is 9.97 Å². The van der Waals surface area contributed by atoms with Crippen molar-refractivity contribution in [3.8, 4) is 0 Å². The van der Waals surface area contributed by atoms with Crippen molar-refractivity contribution in [3.63, 3.8) is 0 Å². The standard InChI is InChI=1S/C15H27N5/c1-4-5-14(11-16)19-6-8-20(9-7-19)15-17-12(2)10-13(3)18-15/h10,14H,4-9,11,16H2,1-3H3.